The molecule has 0 saturated heterocycles. The number of anilines is 1. The minimum Gasteiger partial charge on any atom is -0.489 e. The Morgan fingerprint density at radius 2 is 1.68 bits per heavy atom. The molecule has 0 bridgehead atoms. The fourth-order valence-corrected chi connectivity index (χ4v) is 5.19. The van der Waals surface area contributed by atoms with Crippen molar-refractivity contribution in [2.75, 3.05) is 5.32 Å². The second-order valence-corrected chi connectivity index (χ2v) is 8.90. The number of Topliss-reactive ketones (excluding diaryl/α,β-unsaturated/α-hetero) is 1. The lowest BCUT2D eigenvalue weighted by atomic mass is 9.77. The molecule has 0 spiro atoms. The van der Waals surface area contributed by atoms with Crippen LogP contribution >= 0.6 is 0 Å². The Morgan fingerprint density at radius 1 is 0.882 bits per heavy atom. The number of hydrogen-bond donors (Lipinski definition) is 1. The normalized spacial score (nSPS) is 17.2. The van der Waals surface area contributed by atoms with E-state index in [4.69, 9.17) is 4.74 Å². The minimum absolute atomic E-state index is 0.169. The molecule has 0 amide bonds. The Balaban J connectivity index is 1.34. The maximum Gasteiger partial charge on any atom is 0.161 e. The van der Waals surface area contributed by atoms with E-state index in [0.29, 0.717) is 17.7 Å². The van der Waals surface area contributed by atoms with Crippen LogP contribution in [-0.4, -0.2) is 5.78 Å². The number of ketones is 1. The van der Waals surface area contributed by atoms with Crippen molar-refractivity contribution in [3.05, 3.63) is 113 Å². The lowest BCUT2D eigenvalue weighted by molar-refractivity contribution is -0.116. The number of benzene rings is 4. The number of hydrogen-bond acceptors (Lipinski definition) is 3. The van der Waals surface area contributed by atoms with E-state index >= 15 is 0 Å². The summed E-state index contributed by atoms with van der Waals surface area (Å²) in [5, 5.41) is 6.02. The van der Waals surface area contributed by atoms with E-state index in [0.717, 1.165) is 29.7 Å². The fourth-order valence-electron chi connectivity index (χ4n) is 5.19. The van der Waals surface area contributed by atoms with Crippen molar-refractivity contribution in [3.63, 3.8) is 0 Å². The number of fused-ring (bicyclic) bond motifs is 4. The number of allylic oxidation sites excluding steroid dienone is 1. The zero-order valence-corrected chi connectivity index (χ0v) is 18.7. The molecule has 4 heteroatoms. The van der Waals surface area contributed by atoms with Gasteiger partial charge < -0.3 is 10.1 Å². The van der Waals surface area contributed by atoms with Gasteiger partial charge in [0, 0.05) is 28.8 Å². The van der Waals surface area contributed by atoms with Crippen LogP contribution in [0.2, 0.25) is 0 Å². The zero-order chi connectivity index (χ0) is 23.1. The Labute approximate surface area is 197 Å². The first-order valence-corrected chi connectivity index (χ1v) is 11.7. The van der Waals surface area contributed by atoms with Crippen LogP contribution in [0.15, 0.2) is 90.5 Å². The van der Waals surface area contributed by atoms with Gasteiger partial charge in [-0.25, -0.2) is 4.39 Å². The first-order chi connectivity index (χ1) is 16.7. The SMILES string of the molecule is O=C1CCCC2=C1[C@@H](c1ccc(OCc3ccccc3F)cc1)Nc1ccc3ccccc3c12. The summed E-state index contributed by atoms with van der Waals surface area (Å²) in [5.41, 5.74) is 5.83. The van der Waals surface area contributed by atoms with E-state index in [1.54, 1.807) is 18.2 Å². The van der Waals surface area contributed by atoms with Crippen LogP contribution in [0.1, 0.15) is 42.0 Å². The van der Waals surface area contributed by atoms with Crippen LogP contribution in [0.3, 0.4) is 0 Å². The number of carbonyl (C=O) groups is 1. The monoisotopic (exact) mass is 449 g/mol. The third-order valence-corrected chi connectivity index (χ3v) is 6.84. The highest BCUT2D eigenvalue weighted by atomic mass is 19.1. The molecular formula is C30H24FNO2. The standard InChI is InChI=1S/C30H24FNO2/c31-25-10-4-2-7-21(25)18-34-22-15-12-20(13-16-22)30-29-24(9-5-11-27(29)33)28-23-8-3-1-6-19(23)14-17-26(28)32-30/h1-4,6-8,10,12-17,30,32H,5,9,11,18H2/t30-/m1/s1. The number of halogens is 1. The average Bonchev–Trinajstić information content (AvgIpc) is 2.88. The molecule has 1 N–H and O–H groups in total. The fraction of sp³-hybridized carbons (Fsp3) is 0.167. The van der Waals surface area contributed by atoms with Crippen molar-refractivity contribution in [1.82, 2.24) is 0 Å². The Hall–Kier alpha value is -3.92. The summed E-state index contributed by atoms with van der Waals surface area (Å²) < 4.78 is 19.7. The van der Waals surface area contributed by atoms with Crippen LogP contribution in [0.25, 0.3) is 16.3 Å². The molecule has 0 aromatic heterocycles. The lowest BCUT2D eigenvalue weighted by Gasteiger charge is -2.35. The van der Waals surface area contributed by atoms with Gasteiger partial charge in [-0.2, -0.15) is 0 Å². The van der Waals surface area contributed by atoms with Gasteiger partial charge in [0.15, 0.2) is 5.78 Å². The van der Waals surface area contributed by atoms with Crippen molar-refractivity contribution < 1.29 is 13.9 Å². The first kappa shape index (κ1) is 20.7. The molecule has 0 saturated carbocycles. The van der Waals surface area contributed by atoms with Gasteiger partial charge in [0.2, 0.25) is 0 Å². The van der Waals surface area contributed by atoms with Crippen LogP contribution in [0.4, 0.5) is 10.1 Å². The predicted octanol–water partition coefficient (Wildman–Crippen LogP) is 7.23. The molecule has 1 aliphatic carbocycles. The molecular weight excluding hydrogens is 425 g/mol. The summed E-state index contributed by atoms with van der Waals surface area (Å²) in [5.74, 6) is 0.614. The highest BCUT2D eigenvalue weighted by Crippen LogP contribution is 2.48. The quantitative estimate of drug-likeness (QED) is 0.357. The second kappa shape index (κ2) is 8.45. The summed E-state index contributed by atoms with van der Waals surface area (Å²) >= 11 is 0. The Morgan fingerprint density at radius 3 is 2.53 bits per heavy atom. The highest BCUT2D eigenvalue weighted by Gasteiger charge is 2.34. The van der Waals surface area contributed by atoms with Gasteiger partial charge in [0.1, 0.15) is 18.2 Å². The van der Waals surface area contributed by atoms with Crippen molar-refractivity contribution in [1.29, 1.82) is 0 Å². The number of rotatable bonds is 4. The van der Waals surface area contributed by atoms with Gasteiger partial charge in [-0.1, -0.05) is 60.7 Å². The third kappa shape index (κ3) is 3.56. The van der Waals surface area contributed by atoms with Crippen molar-refractivity contribution in [3.8, 4) is 5.75 Å². The third-order valence-electron chi connectivity index (χ3n) is 6.84. The molecule has 34 heavy (non-hydrogen) atoms. The maximum atomic E-state index is 13.9. The predicted molar refractivity (Wildman–Crippen MR) is 133 cm³/mol. The molecule has 1 heterocycles. The second-order valence-electron chi connectivity index (χ2n) is 8.90. The summed E-state index contributed by atoms with van der Waals surface area (Å²) in [6.07, 6.45) is 2.38. The molecule has 0 radical (unpaired) electrons. The largest absolute Gasteiger partial charge is 0.489 e. The summed E-state index contributed by atoms with van der Waals surface area (Å²) in [6.45, 7) is 0.169. The Bertz CT molecular complexity index is 1440. The number of nitrogens with one attached hydrogen (secondary N) is 1. The molecule has 0 unspecified atom stereocenters. The van der Waals surface area contributed by atoms with Crippen LogP contribution in [0.5, 0.6) is 5.75 Å². The Kier molecular flexibility index (Phi) is 5.14. The van der Waals surface area contributed by atoms with E-state index in [1.165, 1.54) is 28.0 Å². The van der Waals surface area contributed by atoms with E-state index < -0.39 is 0 Å². The van der Waals surface area contributed by atoms with E-state index in [9.17, 15) is 9.18 Å². The molecule has 1 aliphatic heterocycles. The molecule has 2 aliphatic rings. The summed E-state index contributed by atoms with van der Waals surface area (Å²) in [6, 6.07) is 26.8. The minimum atomic E-state index is -0.271. The molecule has 4 aromatic rings. The molecule has 0 fully saturated rings. The number of carbonyl (C=O) groups excluding carboxylic acids is 1. The van der Waals surface area contributed by atoms with Crippen LogP contribution < -0.4 is 10.1 Å². The van der Waals surface area contributed by atoms with Gasteiger partial charge in [-0.3, -0.25) is 4.79 Å². The van der Waals surface area contributed by atoms with Gasteiger partial charge >= 0.3 is 0 Å². The van der Waals surface area contributed by atoms with E-state index in [2.05, 4.69) is 35.6 Å². The molecule has 168 valence electrons. The summed E-state index contributed by atoms with van der Waals surface area (Å²) in [7, 11) is 0. The zero-order valence-electron chi connectivity index (χ0n) is 18.7. The van der Waals surface area contributed by atoms with Crippen LogP contribution in [-0.2, 0) is 11.4 Å². The smallest absolute Gasteiger partial charge is 0.161 e. The molecule has 4 aromatic carbocycles. The number of ether oxygens (including phenoxy) is 1. The first-order valence-electron chi connectivity index (χ1n) is 11.7. The van der Waals surface area contributed by atoms with Gasteiger partial charge in [-0.05, 0) is 59.0 Å². The van der Waals surface area contributed by atoms with Crippen molar-refractivity contribution in [2.24, 2.45) is 0 Å². The summed E-state index contributed by atoms with van der Waals surface area (Å²) in [4.78, 5) is 13.2. The maximum absolute atomic E-state index is 13.9. The van der Waals surface area contributed by atoms with Crippen molar-refractivity contribution in [2.45, 2.75) is 31.9 Å². The van der Waals surface area contributed by atoms with Gasteiger partial charge in [-0.15, -0.1) is 0 Å². The molecule has 6 rings (SSSR count). The molecule has 3 nitrogen and oxygen atoms in total. The van der Waals surface area contributed by atoms with Crippen LogP contribution in [0, 0.1) is 5.82 Å². The average molecular weight is 450 g/mol. The van der Waals surface area contributed by atoms with Crippen molar-refractivity contribution >= 4 is 27.8 Å². The highest BCUT2D eigenvalue weighted by molar-refractivity contribution is 6.12. The van der Waals surface area contributed by atoms with Gasteiger partial charge in [0.25, 0.3) is 0 Å². The topological polar surface area (TPSA) is 38.3 Å². The van der Waals surface area contributed by atoms with E-state index in [1.807, 2.05) is 30.3 Å². The molecule has 1 atom stereocenters. The van der Waals surface area contributed by atoms with Gasteiger partial charge in [0.05, 0.1) is 6.04 Å². The van der Waals surface area contributed by atoms with E-state index in [-0.39, 0.29) is 24.2 Å². The lowest BCUT2D eigenvalue weighted by Crippen LogP contribution is -2.27.